The largest absolute Gasteiger partial charge is 0.382 e. The number of amides is 1. The molecule has 0 aliphatic heterocycles. The third-order valence-corrected chi connectivity index (χ3v) is 5.38. The van der Waals surface area contributed by atoms with E-state index in [0.717, 1.165) is 24.1 Å². The maximum Gasteiger partial charge on any atom is 0.254 e. The number of anilines is 1. The highest BCUT2D eigenvalue weighted by Crippen LogP contribution is 2.34. The normalized spacial score (nSPS) is 14.1. The van der Waals surface area contributed by atoms with E-state index in [1.165, 1.54) is 25.0 Å². The van der Waals surface area contributed by atoms with E-state index in [1.54, 1.807) is 12.3 Å². The van der Waals surface area contributed by atoms with E-state index in [-0.39, 0.29) is 11.4 Å². The molecule has 1 amide bonds. The smallest absolute Gasteiger partial charge is 0.254 e. The molecule has 148 valence electrons. The van der Waals surface area contributed by atoms with Crippen molar-refractivity contribution in [2.75, 3.05) is 5.73 Å². The van der Waals surface area contributed by atoms with E-state index >= 15 is 0 Å². The quantitative estimate of drug-likeness (QED) is 0.674. The second kappa shape index (κ2) is 8.39. The number of nitrogens with one attached hydrogen (secondary N) is 1. The molecule has 1 aromatic heterocycles. The fourth-order valence-electron chi connectivity index (χ4n) is 3.76. The number of nitrogen functional groups attached to an aromatic ring is 1. The van der Waals surface area contributed by atoms with Crippen molar-refractivity contribution in [1.29, 1.82) is 0 Å². The second-order valence-electron chi connectivity index (χ2n) is 7.37. The van der Waals surface area contributed by atoms with Crippen LogP contribution in [0.1, 0.15) is 53.2 Å². The van der Waals surface area contributed by atoms with Crippen LogP contribution in [0.4, 0.5) is 10.2 Å². The summed E-state index contributed by atoms with van der Waals surface area (Å²) in [6.45, 7) is 0.336. The summed E-state index contributed by atoms with van der Waals surface area (Å²) in [6, 6.07) is 13.9. The Labute approximate surface area is 169 Å². The molecule has 1 fully saturated rings. The summed E-state index contributed by atoms with van der Waals surface area (Å²) >= 11 is 0. The molecule has 4 rings (SSSR count). The Hall–Kier alpha value is -3.28. The van der Waals surface area contributed by atoms with Gasteiger partial charge in [-0.2, -0.15) is 0 Å². The minimum Gasteiger partial charge on any atom is -0.382 e. The van der Waals surface area contributed by atoms with Crippen LogP contribution in [-0.2, 0) is 6.54 Å². The molecule has 0 unspecified atom stereocenters. The van der Waals surface area contributed by atoms with Crippen LogP contribution in [0.15, 0.2) is 54.7 Å². The number of benzene rings is 2. The number of hydrogen-bond acceptors (Lipinski definition) is 4. The van der Waals surface area contributed by atoms with Gasteiger partial charge in [0.2, 0.25) is 0 Å². The van der Waals surface area contributed by atoms with Gasteiger partial charge in [0, 0.05) is 18.0 Å². The van der Waals surface area contributed by atoms with Gasteiger partial charge in [0.05, 0.1) is 17.5 Å². The molecule has 3 N–H and O–H groups in total. The molecule has 0 saturated heterocycles. The molecule has 2 aromatic carbocycles. The van der Waals surface area contributed by atoms with Crippen molar-refractivity contribution in [3.05, 3.63) is 77.4 Å². The Morgan fingerprint density at radius 2 is 1.90 bits per heavy atom. The number of hydrogen-bond donors (Lipinski definition) is 2. The number of carbonyl (C=O) groups excluding carboxylic acids is 1. The maximum atomic E-state index is 14.7. The average molecular weight is 390 g/mol. The van der Waals surface area contributed by atoms with E-state index in [9.17, 15) is 9.18 Å². The Morgan fingerprint density at radius 3 is 2.62 bits per heavy atom. The first-order valence-corrected chi connectivity index (χ1v) is 9.86. The monoisotopic (exact) mass is 390 g/mol. The van der Waals surface area contributed by atoms with Gasteiger partial charge in [-0.15, -0.1) is 0 Å². The summed E-state index contributed by atoms with van der Waals surface area (Å²) in [6.07, 6.45) is 6.28. The molecular weight excluding hydrogens is 367 g/mol. The minimum atomic E-state index is -0.611. The zero-order valence-corrected chi connectivity index (χ0v) is 16.1. The molecule has 0 radical (unpaired) electrons. The summed E-state index contributed by atoms with van der Waals surface area (Å²) in [5, 5.41) is 2.74. The molecule has 29 heavy (non-hydrogen) atoms. The standard InChI is InChI=1S/C23H23FN4O/c24-19-12-17(21-22(25)26-14-20(28-21)16-8-4-5-9-16)10-11-18(19)23(29)27-13-15-6-2-1-3-7-15/h1-3,6-7,10-12,14,16H,4-5,8-9,13H2,(H2,25,26)(H,27,29). The highest BCUT2D eigenvalue weighted by Gasteiger charge is 2.21. The molecule has 0 atom stereocenters. The highest BCUT2D eigenvalue weighted by atomic mass is 19.1. The molecule has 1 aliphatic rings. The Morgan fingerprint density at radius 1 is 1.14 bits per heavy atom. The van der Waals surface area contributed by atoms with E-state index in [4.69, 9.17) is 5.73 Å². The predicted molar refractivity (Wildman–Crippen MR) is 111 cm³/mol. The van der Waals surface area contributed by atoms with E-state index in [1.807, 2.05) is 30.3 Å². The van der Waals surface area contributed by atoms with Gasteiger partial charge < -0.3 is 11.1 Å². The number of nitrogens with zero attached hydrogens (tertiary/aromatic N) is 2. The van der Waals surface area contributed by atoms with Crippen molar-refractivity contribution >= 4 is 11.7 Å². The van der Waals surface area contributed by atoms with Crippen LogP contribution >= 0.6 is 0 Å². The number of aromatic nitrogens is 2. The van der Waals surface area contributed by atoms with Gasteiger partial charge in [-0.25, -0.2) is 14.4 Å². The summed E-state index contributed by atoms with van der Waals surface area (Å²) in [5.74, 6) is -0.431. The van der Waals surface area contributed by atoms with Gasteiger partial charge in [-0.05, 0) is 30.5 Å². The molecule has 1 heterocycles. The third kappa shape index (κ3) is 4.26. The van der Waals surface area contributed by atoms with Crippen LogP contribution in [0.5, 0.6) is 0 Å². The molecule has 6 heteroatoms. The lowest BCUT2D eigenvalue weighted by Gasteiger charge is -2.12. The van der Waals surface area contributed by atoms with E-state index in [0.29, 0.717) is 23.7 Å². The average Bonchev–Trinajstić information content (AvgIpc) is 3.28. The number of rotatable bonds is 5. The molecule has 0 bridgehead atoms. The lowest BCUT2D eigenvalue weighted by molar-refractivity contribution is 0.0947. The van der Waals surface area contributed by atoms with Crippen molar-refractivity contribution < 1.29 is 9.18 Å². The van der Waals surface area contributed by atoms with Crippen LogP contribution in [0.2, 0.25) is 0 Å². The van der Waals surface area contributed by atoms with Crippen LogP contribution in [0.25, 0.3) is 11.3 Å². The molecular formula is C23H23FN4O. The molecule has 0 spiro atoms. The predicted octanol–water partition coefficient (Wildman–Crippen LogP) is 4.45. The lowest BCUT2D eigenvalue weighted by atomic mass is 10.0. The fourth-order valence-corrected chi connectivity index (χ4v) is 3.76. The van der Waals surface area contributed by atoms with Crippen LogP contribution < -0.4 is 11.1 Å². The van der Waals surface area contributed by atoms with Gasteiger partial charge in [-0.1, -0.05) is 49.2 Å². The zero-order chi connectivity index (χ0) is 20.2. The summed E-state index contributed by atoms with van der Waals surface area (Å²) in [7, 11) is 0. The first-order chi connectivity index (χ1) is 14.1. The van der Waals surface area contributed by atoms with Gasteiger partial charge in [-0.3, -0.25) is 4.79 Å². The summed E-state index contributed by atoms with van der Waals surface area (Å²) in [4.78, 5) is 21.3. The van der Waals surface area contributed by atoms with Crippen molar-refractivity contribution in [1.82, 2.24) is 15.3 Å². The highest BCUT2D eigenvalue weighted by molar-refractivity contribution is 5.95. The molecule has 1 saturated carbocycles. The Bertz CT molecular complexity index is 1020. The molecule has 3 aromatic rings. The minimum absolute atomic E-state index is 0.0110. The van der Waals surface area contributed by atoms with Gasteiger partial charge in [0.25, 0.3) is 5.91 Å². The van der Waals surface area contributed by atoms with Crippen molar-refractivity contribution in [2.45, 2.75) is 38.1 Å². The van der Waals surface area contributed by atoms with Crippen LogP contribution in [0.3, 0.4) is 0 Å². The number of nitrogens with two attached hydrogens (primary N) is 1. The van der Waals surface area contributed by atoms with Crippen LogP contribution in [0, 0.1) is 5.82 Å². The van der Waals surface area contributed by atoms with Gasteiger partial charge >= 0.3 is 0 Å². The first kappa shape index (κ1) is 19.1. The SMILES string of the molecule is Nc1ncc(C2CCCC2)nc1-c1ccc(C(=O)NCc2ccccc2)c(F)c1. The summed E-state index contributed by atoms with van der Waals surface area (Å²) < 4.78 is 14.7. The third-order valence-electron chi connectivity index (χ3n) is 5.38. The number of carbonyl (C=O) groups is 1. The first-order valence-electron chi connectivity index (χ1n) is 9.86. The molecule has 5 nitrogen and oxygen atoms in total. The van der Waals surface area contributed by atoms with Gasteiger partial charge in [0.15, 0.2) is 0 Å². The maximum absolute atomic E-state index is 14.7. The molecule has 1 aliphatic carbocycles. The topological polar surface area (TPSA) is 80.9 Å². The van der Waals surface area contributed by atoms with E-state index < -0.39 is 11.7 Å². The van der Waals surface area contributed by atoms with Crippen molar-refractivity contribution in [2.24, 2.45) is 0 Å². The second-order valence-corrected chi connectivity index (χ2v) is 7.37. The number of halogens is 1. The van der Waals surface area contributed by atoms with Crippen molar-refractivity contribution in [3.63, 3.8) is 0 Å². The van der Waals surface area contributed by atoms with E-state index in [2.05, 4.69) is 15.3 Å². The summed E-state index contributed by atoms with van der Waals surface area (Å²) in [5.41, 5.74) is 8.83. The Balaban J connectivity index is 1.54. The lowest BCUT2D eigenvalue weighted by Crippen LogP contribution is -2.23. The van der Waals surface area contributed by atoms with Crippen LogP contribution in [-0.4, -0.2) is 15.9 Å². The van der Waals surface area contributed by atoms with Crippen molar-refractivity contribution in [3.8, 4) is 11.3 Å². The zero-order valence-electron chi connectivity index (χ0n) is 16.1. The fraction of sp³-hybridized carbons (Fsp3) is 0.261. The Kier molecular flexibility index (Phi) is 5.51. The van der Waals surface area contributed by atoms with Gasteiger partial charge in [0.1, 0.15) is 17.3 Å².